The molecule has 1 N–H and O–H groups in total. The molecule has 1 rings (SSSR count). The molecule has 0 amide bonds. The van der Waals surface area contributed by atoms with Crippen molar-refractivity contribution < 1.29 is 0 Å². The van der Waals surface area contributed by atoms with Gasteiger partial charge in [0, 0.05) is 6.54 Å². The van der Waals surface area contributed by atoms with Crippen molar-refractivity contribution in [1.29, 1.82) is 0 Å². The maximum atomic E-state index is 3.39. The first kappa shape index (κ1) is 14.0. The second kappa shape index (κ2) is 8.08. The van der Waals surface area contributed by atoms with Gasteiger partial charge in [0.05, 0.1) is 0 Å². The Labute approximate surface area is 102 Å². The summed E-state index contributed by atoms with van der Waals surface area (Å²) in [6, 6.07) is 0. The van der Waals surface area contributed by atoms with Crippen molar-refractivity contribution in [2.45, 2.75) is 46.5 Å². The molecule has 1 atom stereocenters. The van der Waals surface area contributed by atoms with Crippen LogP contribution in [0.1, 0.15) is 46.5 Å². The van der Waals surface area contributed by atoms with Crippen LogP contribution in [-0.2, 0) is 0 Å². The molecule has 96 valence electrons. The molecule has 2 nitrogen and oxygen atoms in total. The Morgan fingerprint density at radius 1 is 1.25 bits per heavy atom. The van der Waals surface area contributed by atoms with Crippen molar-refractivity contribution >= 4 is 0 Å². The number of likely N-dealkylation sites (tertiary alicyclic amines) is 1. The van der Waals surface area contributed by atoms with Crippen molar-refractivity contribution in [3.05, 3.63) is 0 Å². The average Bonchev–Trinajstić information content (AvgIpc) is 2.72. The van der Waals surface area contributed by atoms with Gasteiger partial charge in [-0.1, -0.05) is 27.2 Å². The second-order valence-corrected chi connectivity index (χ2v) is 5.51. The van der Waals surface area contributed by atoms with Crippen molar-refractivity contribution in [3.8, 4) is 0 Å². The van der Waals surface area contributed by atoms with E-state index >= 15 is 0 Å². The van der Waals surface area contributed by atoms with Crippen LogP contribution in [0.15, 0.2) is 0 Å². The lowest BCUT2D eigenvalue weighted by molar-refractivity contribution is 0.296. The van der Waals surface area contributed by atoms with E-state index in [1.165, 1.54) is 51.9 Å². The van der Waals surface area contributed by atoms with Gasteiger partial charge >= 0.3 is 0 Å². The molecule has 1 unspecified atom stereocenters. The summed E-state index contributed by atoms with van der Waals surface area (Å²) in [5, 5.41) is 3.39. The highest BCUT2D eigenvalue weighted by molar-refractivity contribution is 4.77. The maximum absolute atomic E-state index is 3.39. The molecule has 0 aromatic carbocycles. The summed E-state index contributed by atoms with van der Waals surface area (Å²) in [6.07, 6.45) is 5.54. The van der Waals surface area contributed by atoms with Gasteiger partial charge in [0.2, 0.25) is 0 Å². The summed E-state index contributed by atoms with van der Waals surface area (Å²) in [5.41, 5.74) is 0. The SMILES string of the molecule is CCNCCCCCN1CCC(C(C)C)C1. The predicted molar refractivity (Wildman–Crippen MR) is 71.8 cm³/mol. The van der Waals surface area contributed by atoms with Gasteiger partial charge < -0.3 is 10.2 Å². The largest absolute Gasteiger partial charge is 0.317 e. The Morgan fingerprint density at radius 3 is 2.69 bits per heavy atom. The number of rotatable bonds is 8. The zero-order valence-electron chi connectivity index (χ0n) is 11.5. The molecule has 0 aliphatic carbocycles. The fourth-order valence-electron chi connectivity index (χ4n) is 2.55. The first-order chi connectivity index (χ1) is 7.74. The van der Waals surface area contributed by atoms with Gasteiger partial charge in [-0.15, -0.1) is 0 Å². The van der Waals surface area contributed by atoms with E-state index in [1.807, 2.05) is 0 Å². The van der Waals surface area contributed by atoms with E-state index in [0.29, 0.717) is 0 Å². The zero-order valence-corrected chi connectivity index (χ0v) is 11.5. The lowest BCUT2D eigenvalue weighted by Crippen LogP contribution is -2.23. The molecule has 0 aromatic heterocycles. The van der Waals surface area contributed by atoms with Crippen LogP contribution in [0.5, 0.6) is 0 Å². The minimum atomic E-state index is 0.874. The number of nitrogens with zero attached hydrogens (tertiary/aromatic N) is 1. The van der Waals surface area contributed by atoms with Gasteiger partial charge in [-0.05, 0) is 57.3 Å². The summed E-state index contributed by atoms with van der Waals surface area (Å²) in [5.74, 6) is 1.83. The van der Waals surface area contributed by atoms with E-state index in [4.69, 9.17) is 0 Å². The molecule has 0 spiro atoms. The molecule has 16 heavy (non-hydrogen) atoms. The van der Waals surface area contributed by atoms with E-state index < -0.39 is 0 Å². The van der Waals surface area contributed by atoms with Crippen LogP contribution in [0, 0.1) is 11.8 Å². The van der Waals surface area contributed by atoms with Crippen LogP contribution in [0.3, 0.4) is 0 Å². The highest BCUT2D eigenvalue weighted by Crippen LogP contribution is 2.23. The monoisotopic (exact) mass is 226 g/mol. The fourth-order valence-corrected chi connectivity index (χ4v) is 2.55. The smallest absolute Gasteiger partial charge is 0.00126 e. The lowest BCUT2D eigenvalue weighted by Gasteiger charge is -2.17. The van der Waals surface area contributed by atoms with Crippen LogP contribution >= 0.6 is 0 Å². The molecule has 0 saturated carbocycles. The third-order valence-electron chi connectivity index (χ3n) is 3.83. The molecule has 2 heteroatoms. The minimum Gasteiger partial charge on any atom is -0.317 e. The van der Waals surface area contributed by atoms with Gasteiger partial charge in [-0.25, -0.2) is 0 Å². The van der Waals surface area contributed by atoms with Crippen LogP contribution in [0.4, 0.5) is 0 Å². The molecule has 0 radical (unpaired) electrons. The number of nitrogens with one attached hydrogen (secondary N) is 1. The zero-order chi connectivity index (χ0) is 11.8. The highest BCUT2D eigenvalue weighted by Gasteiger charge is 2.23. The van der Waals surface area contributed by atoms with E-state index in [9.17, 15) is 0 Å². The molecule has 1 saturated heterocycles. The van der Waals surface area contributed by atoms with Crippen LogP contribution in [0.2, 0.25) is 0 Å². The lowest BCUT2D eigenvalue weighted by atomic mass is 9.95. The first-order valence-corrected chi connectivity index (χ1v) is 7.17. The molecule has 1 aliphatic rings. The summed E-state index contributed by atoms with van der Waals surface area (Å²) < 4.78 is 0. The van der Waals surface area contributed by atoms with Gasteiger partial charge in [-0.3, -0.25) is 0 Å². The quantitative estimate of drug-likeness (QED) is 0.640. The number of unbranched alkanes of at least 4 members (excludes halogenated alkanes) is 2. The number of hydrogen-bond acceptors (Lipinski definition) is 2. The Kier molecular flexibility index (Phi) is 7.06. The van der Waals surface area contributed by atoms with Gasteiger partial charge in [-0.2, -0.15) is 0 Å². The molecule has 1 aliphatic heterocycles. The Hall–Kier alpha value is -0.0800. The molecule has 0 bridgehead atoms. The third-order valence-corrected chi connectivity index (χ3v) is 3.83. The average molecular weight is 226 g/mol. The first-order valence-electron chi connectivity index (χ1n) is 7.17. The Bertz CT molecular complexity index is 168. The predicted octanol–water partition coefficient (Wildman–Crippen LogP) is 2.74. The molecule has 1 heterocycles. The summed E-state index contributed by atoms with van der Waals surface area (Å²) in [7, 11) is 0. The highest BCUT2D eigenvalue weighted by atomic mass is 15.1. The van der Waals surface area contributed by atoms with Crippen molar-refractivity contribution in [3.63, 3.8) is 0 Å². The summed E-state index contributed by atoms with van der Waals surface area (Å²) >= 11 is 0. The van der Waals surface area contributed by atoms with Gasteiger partial charge in [0.25, 0.3) is 0 Å². The van der Waals surface area contributed by atoms with Crippen LogP contribution in [0.25, 0.3) is 0 Å². The topological polar surface area (TPSA) is 15.3 Å². The standard InChI is InChI=1S/C14H30N2/c1-4-15-9-6-5-7-10-16-11-8-14(12-16)13(2)3/h13-15H,4-12H2,1-3H3. The third kappa shape index (κ3) is 5.31. The van der Waals surface area contributed by atoms with E-state index in [2.05, 4.69) is 31.0 Å². The second-order valence-electron chi connectivity index (χ2n) is 5.51. The van der Waals surface area contributed by atoms with Crippen molar-refractivity contribution in [1.82, 2.24) is 10.2 Å². The number of hydrogen-bond donors (Lipinski definition) is 1. The van der Waals surface area contributed by atoms with Crippen LogP contribution < -0.4 is 5.32 Å². The molecular formula is C14H30N2. The van der Waals surface area contributed by atoms with Crippen LogP contribution in [-0.4, -0.2) is 37.6 Å². The molecule has 0 aromatic rings. The maximum Gasteiger partial charge on any atom is 0.00126 e. The van der Waals surface area contributed by atoms with E-state index in [1.54, 1.807) is 0 Å². The molecule has 1 fully saturated rings. The summed E-state index contributed by atoms with van der Waals surface area (Å²) in [4.78, 5) is 2.66. The Morgan fingerprint density at radius 2 is 2.06 bits per heavy atom. The van der Waals surface area contributed by atoms with E-state index in [0.717, 1.165) is 18.4 Å². The van der Waals surface area contributed by atoms with Crippen molar-refractivity contribution in [2.24, 2.45) is 11.8 Å². The van der Waals surface area contributed by atoms with E-state index in [-0.39, 0.29) is 0 Å². The fraction of sp³-hybridized carbons (Fsp3) is 1.00. The minimum absolute atomic E-state index is 0.874. The normalized spacial score (nSPS) is 22.1. The van der Waals surface area contributed by atoms with Crippen molar-refractivity contribution in [2.75, 3.05) is 32.7 Å². The Balaban J connectivity index is 1.94. The molecular weight excluding hydrogens is 196 g/mol. The van der Waals surface area contributed by atoms with Gasteiger partial charge in [0.1, 0.15) is 0 Å². The van der Waals surface area contributed by atoms with Gasteiger partial charge in [0.15, 0.2) is 0 Å². The summed E-state index contributed by atoms with van der Waals surface area (Å²) in [6.45, 7) is 13.2.